The van der Waals surface area contributed by atoms with Crippen LogP contribution in [-0.4, -0.2) is 15.9 Å². The Bertz CT molecular complexity index is 808. The van der Waals surface area contributed by atoms with Gasteiger partial charge in [0.05, 0.1) is 6.54 Å². The number of amides is 1. The summed E-state index contributed by atoms with van der Waals surface area (Å²) in [5.74, 6) is -0.126. The third kappa shape index (κ3) is 4.39. The molecule has 24 heavy (non-hydrogen) atoms. The molecule has 0 aliphatic carbocycles. The van der Waals surface area contributed by atoms with Gasteiger partial charge in [0.15, 0.2) is 0 Å². The number of hydrogen-bond acceptors (Lipinski definition) is 5. The molecule has 122 valence electrons. The number of hydrogen-bond donors (Lipinski definition) is 2. The van der Waals surface area contributed by atoms with Crippen LogP contribution in [0.2, 0.25) is 0 Å². The van der Waals surface area contributed by atoms with Crippen molar-refractivity contribution in [2.75, 3.05) is 5.32 Å². The van der Waals surface area contributed by atoms with Crippen LogP contribution in [0.3, 0.4) is 0 Å². The Labute approximate surface area is 152 Å². The van der Waals surface area contributed by atoms with Crippen molar-refractivity contribution < 1.29 is 4.79 Å². The van der Waals surface area contributed by atoms with E-state index in [0.29, 0.717) is 22.6 Å². The summed E-state index contributed by atoms with van der Waals surface area (Å²) in [6, 6.07) is 13.6. The predicted molar refractivity (Wildman–Crippen MR) is 99.0 cm³/mol. The molecule has 0 bridgehead atoms. The van der Waals surface area contributed by atoms with Gasteiger partial charge in [-0.25, -0.2) is 4.98 Å². The van der Waals surface area contributed by atoms with Crippen molar-refractivity contribution in [1.29, 1.82) is 0 Å². The molecular weight excluding hydrogens is 388 g/mol. The minimum atomic E-state index is -0.126. The maximum absolute atomic E-state index is 12.3. The highest BCUT2D eigenvalue weighted by atomic mass is 79.9. The van der Waals surface area contributed by atoms with Gasteiger partial charge in [0.2, 0.25) is 0 Å². The van der Waals surface area contributed by atoms with Crippen LogP contribution in [0.25, 0.3) is 0 Å². The molecule has 3 rings (SSSR count). The number of rotatable bonds is 6. The van der Waals surface area contributed by atoms with Crippen LogP contribution in [0.15, 0.2) is 59.5 Å². The Morgan fingerprint density at radius 2 is 1.83 bits per heavy atom. The lowest BCUT2D eigenvalue weighted by Gasteiger charge is -2.03. The number of anilines is 1. The van der Waals surface area contributed by atoms with Crippen molar-refractivity contribution in [3.63, 3.8) is 0 Å². The van der Waals surface area contributed by atoms with E-state index in [-0.39, 0.29) is 5.91 Å². The van der Waals surface area contributed by atoms with Crippen LogP contribution in [0.1, 0.15) is 20.2 Å². The molecule has 0 spiro atoms. The maximum Gasteiger partial charge on any atom is 0.264 e. The summed E-state index contributed by atoms with van der Waals surface area (Å²) in [7, 11) is 0. The lowest BCUT2D eigenvalue weighted by Crippen LogP contribution is -2.22. The standard InChI is InChI=1S/C17H15BrN4OS/c18-16-15(17(23)21-10-12-4-2-1-3-5-12)24-14(22-16)11-20-13-6-8-19-9-7-13/h1-9H,10-11H2,(H,19,20)(H,21,23). The smallest absolute Gasteiger partial charge is 0.264 e. The number of pyridine rings is 1. The average molecular weight is 403 g/mol. The highest BCUT2D eigenvalue weighted by molar-refractivity contribution is 9.10. The van der Waals surface area contributed by atoms with Crippen molar-refractivity contribution in [2.45, 2.75) is 13.1 Å². The second-order valence-corrected chi connectivity index (χ2v) is 6.82. The molecule has 0 fully saturated rings. The number of carbonyl (C=O) groups excluding carboxylic acids is 1. The van der Waals surface area contributed by atoms with Crippen LogP contribution in [0.4, 0.5) is 5.69 Å². The van der Waals surface area contributed by atoms with Crippen molar-refractivity contribution in [3.8, 4) is 0 Å². The second kappa shape index (κ2) is 8.03. The summed E-state index contributed by atoms with van der Waals surface area (Å²) in [6.07, 6.45) is 3.45. The summed E-state index contributed by atoms with van der Waals surface area (Å²) in [4.78, 5) is 21.3. The topological polar surface area (TPSA) is 66.9 Å². The fourth-order valence-electron chi connectivity index (χ4n) is 2.06. The van der Waals surface area contributed by atoms with Gasteiger partial charge < -0.3 is 10.6 Å². The van der Waals surface area contributed by atoms with Crippen molar-refractivity contribution in [3.05, 3.63) is 74.9 Å². The van der Waals surface area contributed by atoms with Crippen LogP contribution in [0, 0.1) is 0 Å². The van der Waals surface area contributed by atoms with Crippen molar-refractivity contribution in [1.82, 2.24) is 15.3 Å². The zero-order valence-corrected chi connectivity index (χ0v) is 15.1. The molecule has 3 aromatic rings. The minimum absolute atomic E-state index is 0.126. The Morgan fingerprint density at radius 3 is 2.58 bits per heavy atom. The van der Waals surface area contributed by atoms with E-state index in [2.05, 4.69) is 36.5 Å². The van der Waals surface area contributed by atoms with Gasteiger partial charge >= 0.3 is 0 Å². The fourth-order valence-corrected chi connectivity index (χ4v) is 3.63. The summed E-state index contributed by atoms with van der Waals surface area (Å²) < 4.78 is 0.574. The van der Waals surface area contributed by atoms with E-state index in [1.807, 2.05) is 42.5 Å². The van der Waals surface area contributed by atoms with E-state index >= 15 is 0 Å². The van der Waals surface area contributed by atoms with Gasteiger partial charge in [-0.05, 0) is 33.6 Å². The van der Waals surface area contributed by atoms with Gasteiger partial charge in [0.25, 0.3) is 5.91 Å². The molecule has 1 amide bonds. The van der Waals surface area contributed by atoms with E-state index in [1.54, 1.807) is 12.4 Å². The Kier molecular flexibility index (Phi) is 5.55. The zero-order chi connectivity index (χ0) is 16.8. The molecule has 0 radical (unpaired) electrons. The van der Waals surface area contributed by atoms with Crippen molar-refractivity contribution in [2.24, 2.45) is 0 Å². The van der Waals surface area contributed by atoms with Crippen LogP contribution < -0.4 is 10.6 Å². The third-order valence-corrected chi connectivity index (χ3v) is 5.15. The zero-order valence-electron chi connectivity index (χ0n) is 12.7. The largest absolute Gasteiger partial charge is 0.378 e. The second-order valence-electron chi connectivity index (χ2n) is 4.99. The van der Waals surface area contributed by atoms with E-state index in [0.717, 1.165) is 16.3 Å². The van der Waals surface area contributed by atoms with Crippen LogP contribution in [0.5, 0.6) is 0 Å². The third-order valence-electron chi connectivity index (χ3n) is 3.26. The predicted octanol–water partition coefficient (Wildman–Crippen LogP) is 3.84. The SMILES string of the molecule is O=C(NCc1ccccc1)c1sc(CNc2ccncc2)nc1Br. The van der Waals surface area contributed by atoms with E-state index < -0.39 is 0 Å². The first-order valence-corrected chi connectivity index (χ1v) is 8.94. The Morgan fingerprint density at radius 1 is 1.08 bits per heavy atom. The molecule has 0 unspecified atom stereocenters. The van der Waals surface area contributed by atoms with E-state index in [9.17, 15) is 4.79 Å². The molecule has 7 heteroatoms. The van der Waals surface area contributed by atoms with E-state index in [1.165, 1.54) is 11.3 Å². The first-order valence-electron chi connectivity index (χ1n) is 7.33. The lowest BCUT2D eigenvalue weighted by atomic mass is 10.2. The summed E-state index contributed by atoms with van der Waals surface area (Å²) in [6.45, 7) is 1.05. The minimum Gasteiger partial charge on any atom is -0.378 e. The van der Waals surface area contributed by atoms with Gasteiger partial charge in [-0.2, -0.15) is 0 Å². The molecule has 1 aromatic carbocycles. The molecule has 5 nitrogen and oxygen atoms in total. The van der Waals surface area contributed by atoms with Gasteiger partial charge in [-0.15, -0.1) is 11.3 Å². The first-order chi connectivity index (χ1) is 11.7. The monoisotopic (exact) mass is 402 g/mol. The maximum atomic E-state index is 12.3. The quantitative estimate of drug-likeness (QED) is 0.656. The van der Waals surface area contributed by atoms with Gasteiger partial charge in [-0.3, -0.25) is 9.78 Å². The molecule has 0 aliphatic rings. The fraction of sp³-hybridized carbons (Fsp3) is 0.118. The van der Waals surface area contributed by atoms with Gasteiger partial charge in [0.1, 0.15) is 14.5 Å². The average Bonchev–Trinajstić information content (AvgIpc) is 3.00. The molecule has 0 atom stereocenters. The number of benzene rings is 1. The van der Waals surface area contributed by atoms with E-state index in [4.69, 9.17) is 0 Å². The molecule has 0 saturated heterocycles. The molecule has 2 heterocycles. The number of nitrogens with zero attached hydrogens (tertiary/aromatic N) is 2. The van der Waals surface area contributed by atoms with Crippen LogP contribution in [-0.2, 0) is 13.1 Å². The lowest BCUT2D eigenvalue weighted by molar-refractivity contribution is 0.0954. The molecule has 2 N–H and O–H groups in total. The summed E-state index contributed by atoms with van der Waals surface area (Å²) in [5.41, 5.74) is 2.03. The Balaban J connectivity index is 1.59. The van der Waals surface area contributed by atoms with Crippen molar-refractivity contribution >= 4 is 38.9 Å². The highest BCUT2D eigenvalue weighted by Crippen LogP contribution is 2.24. The highest BCUT2D eigenvalue weighted by Gasteiger charge is 2.16. The number of nitrogens with one attached hydrogen (secondary N) is 2. The molecular formula is C17H15BrN4OS. The number of thiazole rings is 1. The van der Waals surface area contributed by atoms with Gasteiger partial charge in [0, 0.05) is 24.6 Å². The normalized spacial score (nSPS) is 10.4. The van der Waals surface area contributed by atoms with Gasteiger partial charge in [-0.1, -0.05) is 30.3 Å². The first kappa shape index (κ1) is 16.6. The number of halogens is 1. The molecule has 0 aliphatic heterocycles. The summed E-state index contributed by atoms with van der Waals surface area (Å²) >= 11 is 4.74. The number of carbonyl (C=O) groups is 1. The molecule has 0 saturated carbocycles. The molecule has 2 aromatic heterocycles. The Hall–Kier alpha value is -2.25. The van der Waals surface area contributed by atoms with Crippen LogP contribution >= 0.6 is 27.3 Å². The number of aromatic nitrogens is 2. The summed E-state index contributed by atoms with van der Waals surface area (Å²) in [5, 5.41) is 7.01.